The van der Waals surface area contributed by atoms with Crippen LogP contribution < -0.4 is 4.90 Å². The molecule has 11 aromatic rings. The number of hydrogen-bond acceptors (Lipinski definition) is 2. The normalized spacial score (nSPS) is 12.3. The van der Waals surface area contributed by atoms with Gasteiger partial charge >= 0.3 is 0 Å². The lowest BCUT2D eigenvalue weighted by atomic mass is 10.1. The minimum absolute atomic E-state index is 0.893. The quantitative estimate of drug-likeness (QED) is 0.192. The van der Waals surface area contributed by atoms with E-state index >= 15 is 0 Å². The SMILES string of the molecule is c1ccc(N(c2ccc3oc4ccccc4c3c2)c2ccc3c(c2)n2c4ccccc4c4ccc5c6ccccc6n3c5c42)cc1. The Morgan fingerprint density at radius 3 is 1.65 bits per heavy atom. The maximum atomic E-state index is 6.20. The number of hydrogen-bond donors (Lipinski definition) is 0. The second kappa shape index (κ2) is 8.68. The third-order valence-corrected chi connectivity index (χ3v) is 9.80. The van der Waals surface area contributed by atoms with E-state index in [2.05, 4.69) is 153 Å². The van der Waals surface area contributed by atoms with E-state index in [-0.39, 0.29) is 0 Å². The molecule has 4 heteroatoms. The molecule has 0 amide bonds. The van der Waals surface area contributed by atoms with E-state index in [1.54, 1.807) is 0 Å². The first-order valence-corrected chi connectivity index (χ1v) is 15.7. The average molecular weight is 588 g/mol. The van der Waals surface area contributed by atoms with Crippen LogP contribution in [-0.2, 0) is 0 Å². The fourth-order valence-electron chi connectivity index (χ4n) is 7.90. The van der Waals surface area contributed by atoms with Gasteiger partial charge in [0.1, 0.15) is 11.2 Å². The van der Waals surface area contributed by atoms with E-state index in [0.29, 0.717) is 0 Å². The average Bonchev–Trinajstić information content (AvgIpc) is 3.77. The van der Waals surface area contributed by atoms with E-state index in [0.717, 1.165) is 39.0 Å². The number of para-hydroxylation sites is 4. The first-order chi connectivity index (χ1) is 22.8. The summed E-state index contributed by atoms with van der Waals surface area (Å²) in [6, 6.07) is 54.6. The van der Waals surface area contributed by atoms with Crippen LogP contribution in [0.3, 0.4) is 0 Å². The first kappa shape index (κ1) is 24.1. The molecule has 0 aliphatic heterocycles. The number of rotatable bonds is 3. The van der Waals surface area contributed by atoms with Crippen LogP contribution in [0.15, 0.2) is 156 Å². The number of benzene rings is 7. The molecular formula is C42H25N3O. The van der Waals surface area contributed by atoms with Crippen LogP contribution in [0.4, 0.5) is 17.1 Å². The van der Waals surface area contributed by atoms with Crippen molar-refractivity contribution in [2.75, 3.05) is 4.90 Å². The molecule has 0 atom stereocenters. The highest BCUT2D eigenvalue weighted by atomic mass is 16.3. The van der Waals surface area contributed by atoms with Crippen molar-refractivity contribution in [1.29, 1.82) is 0 Å². The van der Waals surface area contributed by atoms with E-state index in [9.17, 15) is 0 Å². The van der Waals surface area contributed by atoms with Gasteiger partial charge in [0, 0.05) is 49.4 Å². The van der Waals surface area contributed by atoms with Gasteiger partial charge in [-0.05, 0) is 66.7 Å². The molecule has 11 rings (SSSR count). The van der Waals surface area contributed by atoms with Crippen molar-refractivity contribution in [1.82, 2.24) is 8.80 Å². The van der Waals surface area contributed by atoms with Crippen LogP contribution in [0.1, 0.15) is 0 Å². The Kier molecular flexibility index (Phi) is 4.55. The Balaban J connectivity index is 1.28. The zero-order chi connectivity index (χ0) is 29.9. The molecule has 0 saturated heterocycles. The summed E-state index contributed by atoms with van der Waals surface area (Å²) in [7, 11) is 0. The highest BCUT2D eigenvalue weighted by molar-refractivity contribution is 6.25. The maximum absolute atomic E-state index is 6.20. The number of nitrogens with zero attached hydrogens (tertiary/aromatic N) is 3. The highest BCUT2D eigenvalue weighted by Crippen LogP contribution is 2.44. The Hall–Kier alpha value is -6.26. The van der Waals surface area contributed by atoms with Crippen molar-refractivity contribution >= 4 is 93.6 Å². The highest BCUT2D eigenvalue weighted by Gasteiger charge is 2.23. The Bertz CT molecular complexity index is 2980. The molecule has 214 valence electrons. The van der Waals surface area contributed by atoms with Gasteiger partial charge in [0.25, 0.3) is 0 Å². The van der Waals surface area contributed by atoms with Gasteiger partial charge in [-0.2, -0.15) is 0 Å². The second-order valence-corrected chi connectivity index (χ2v) is 12.2. The van der Waals surface area contributed by atoms with Gasteiger partial charge in [0.15, 0.2) is 0 Å². The zero-order valence-corrected chi connectivity index (χ0v) is 24.7. The van der Waals surface area contributed by atoms with Crippen LogP contribution in [0.25, 0.3) is 76.6 Å². The number of aromatic nitrogens is 2. The van der Waals surface area contributed by atoms with Crippen molar-refractivity contribution < 1.29 is 4.42 Å². The third-order valence-electron chi connectivity index (χ3n) is 9.80. The van der Waals surface area contributed by atoms with Crippen LogP contribution in [0, 0.1) is 0 Å². The maximum Gasteiger partial charge on any atom is 0.135 e. The number of furan rings is 1. The van der Waals surface area contributed by atoms with E-state index in [4.69, 9.17) is 4.42 Å². The molecule has 46 heavy (non-hydrogen) atoms. The molecule has 4 nitrogen and oxygen atoms in total. The second-order valence-electron chi connectivity index (χ2n) is 12.2. The molecule has 0 N–H and O–H groups in total. The van der Waals surface area contributed by atoms with Gasteiger partial charge in [-0.25, -0.2) is 0 Å². The summed E-state index contributed by atoms with van der Waals surface area (Å²) in [6.07, 6.45) is 0. The van der Waals surface area contributed by atoms with Gasteiger partial charge in [0.05, 0.1) is 33.1 Å². The summed E-state index contributed by atoms with van der Waals surface area (Å²) >= 11 is 0. The van der Waals surface area contributed by atoms with E-state index < -0.39 is 0 Å². The molecule has 0 unspecified atom stereocenters. The molecule has 0 saturated carbocycles. The van der Waals surface area contributed by atoms with Crippen LogP contribution >= 0.6 is 0 Å². The predicted molar refractivity (Wildman–Crippen MR) is 192 cm³/mol. The molecular weight excluding hydrogens is 562 g/mol. The van der Waals surface area contributed by atoms with Gasteiger partial charge in [-0.1, -0.05) is 84.9 Å². The largest absolute Gasteiger partial charge is 0.456 e. The molecule has 0 aliphatic rings. The van der Waals surface area contributed by atoms with Gasteiger partial charge in [-0.3, -0.25) is 0 Å². The molecule has 0 radical (unpaired) electrons. The lowest BCUT2D eigenvalue weighted by molar-refractivity contribution is 0.669. The molecule has 0 spiro atoms. The van der Waals surface area contributed by atoms with Gasteiger partial charge < -0.3 is 18.1 Å². The van der Waals surface area contributed by atoms with E-state index in [1.807, 2.05) is 12.1 Å². The van der Waals surface area contributed by atoms with Crippen molar-refractivity contribution in [3.8, 4) is 0 Å². The summed E-state index contributed by atoms with van der Waals surface area (Å²) < 4.78 is 11.2. The summed E-state index contributed by atoms with van der Waals surface area (Å²) in [5.41, 5.74) is 12.4. The fraction of sp³-hybridized carbons (Fsp3) is 0. The summed E-state index contributed by atoms with van der Waals surface area (Å²) in [6.45, 7) is 0. The van der Waals surface area contributed by atoms with Gasteiger partial charge in [0.2, 0.25) is 0 Å². The first-order valence-electron chi connectivity index (χ1n) is 15.7. The van der Waals surface area contributed by atoms with Crippen molar-refractivity contribution in [2.24, 2.45) is 0 Å². The molecule has 0 aliphatic carbocycles. The Labute approximate surface area is 262 Å². The monoisotopic (exact) mass is 587 g/mol. The van der Waals surface area contributed by atoms with E-state index in [1.165, 1.54) is 54.6 Å². The summed E-state index contributed by atoms with van der Waals surface area (Å²) in [4.78, 5) is 2.36. The minimum Gasteiger partial charge on any atom is -0.456 e. The molecule has 0 fully saturated rings. The smallest absolute Gasteiger partial charge is 0.135 e. The molecule has 0 bridgehead atoms. The van der Waals surface area contributed by atoms with Crippen LogP contribution in [0.2, 0.25) is 0 Å². The Morgan fingerprint density at radius 2 is 0.913 bits per heavy atom. The predicted octanol–water partition coefficient (Wildman–Crippen LogP) is 11.6. The van der Waals surface area contributed by atoms with Crippen LogP contribution in [-0.4, -0.2) is 8.80 Å². The standard InChI is InChI=1S/C42H25N3O/c1-2-10-26(11-3-1)43(27-19-23-40-34(24-27)31-14-6-9-17-39(31)46-40)28-18-22-37-38(25-28)45-36-16-8-5-13-30(36)33-21-20-32-29-12-4-7-15-35(29)44(37)41(32)42(33)45/h1-25H. The van der Waals surface area contributed by atoms with Crippen molar-refractivity contribution in [2.45, 2.75) is 0 Å². The molecule has 4 heterocycles. The zero-order valence-electron chi connectivity index (χ0n) is 24.7. The minimum atomic E-state index is 0.893. The number of fused-ring (bicyclic) bond motifs is 12. The lowest BCUT2D eigenvalue weighted by Crippen LogP contribution is -2.10. The molecule has 7 aromatic carbocycles. The number of anilines is 3. The lowest BCUT2D eigenvalue weighted by Gasteiger charge is -2.26. The van der Waals surface area contributed by atoms with Crippen molar-refractivity contribution in [3.05, 3.63) is 152 Å². The van der Waals surface area contributed by atoms with Gasteiger partial charge in [-0.15, -0.1) is 0 Å². The molecule has 4 aromatic heterocycles. The fourth-order valence-corrected chi connectivity index (χ4v) is 7.90. The Morgan fingerprint density at radius 1 is 0.348 bits per heavy atom. The topological polar surface area (TPSA) is 25.2 Å². The summed E-state index contributed by atoms with van der Waals surface area (Å²) in [5, 5.41) is 7.35. The summed E-state index contributed by atoms with van der Waals surface area (Å²) in [5.74, 6) is 0. The third kappa shape index (κ3) is 3.03. The van der Waals surface area contributed by atoms with Crippen LogP contribution in [0.5, 0.6) is 0 Å². The van der Waals surface area contributed by atoms with Crippen molar-refractivity contribution in [3.63, 3.8) is 0 Å².